The van der Waals surface area contributed by atoms with Gasteiger partial charge in [-0.15, -0.1) is 6.58 Å². The Morgan fingerprint density at radius 3 is 2.67 bits per heavy atom. The van der Waals surface area contributed by atoms with Gasteiger partial charge < -0.3 is 4.90 Å². The number of benzene rings is 1. The van der Waals surface area contributed by atoms with E-state index < -0.39 is 0 Å². The molecule has 2 rings (SSSR count). The standard InChI is InChI=1S/C12H12BrNO/c1-2-11-12(15)7-8-14(11)10-5-3-9(13)4-6-10/h2-6,11H,1,7-8H2. The van der Waals surface area contributed by atoms with Crippen LogP contribution < -0.4 is 4.90 Å². The second-order valence-electron chi connectivity index (χ2n) is 3.57. The number of halogens is 1. The van der Waals surface area contributed by atoms with Crippen LogP contribution in [-0.4, -0.2) is 18.4 Å². The monoisotopic (exact) mass is 265 g/mol. The molecular weight excluding hydrogens is 254 g/mol. The van der Waals surface area contributed by atoms with Crippen LogP contribution in [0.15, 0.2) is 41.4 Å². The maximum absolute atomic E-state index is 11.5. The minimum atomic E-state index is -0.147. The molecule has 0 spiro atoms. The van der Waals surface area contributed by atoms with Crippen LogP contribution in [0.4, 0.5) is 5.69 Å². The molecule has 0 saturated carbocycles. The highest BCUT2D eigenvalue weighted by Gasteiger charge is 2.29. The maximum atomic E-state index is 11.5. The number of hydrogen-bond acceptors (Lipinski definition) is 2. The first-order valence-electron chi connectivity index (χ1n) is 4.90. The molecule has 0 aromatic heterocycles. The van der Waals surface area contributed by atoms with Gasteiger partial charge in [-0.3, -0.25) is 4.79 Å². The highest BCUT2D eigenvalue weighted by atomic mass is 79.9. The van der Waals surface area contributed by atoms with Crippen molar-refractivity contribution < 1.29 is 4.79 Å². The van der Waals surface area contributed by atoms with E-state index >= 15 is 0 Å². The third-order valence-corrected chi connectivity index (χ3v) is 3.17. The van der Waals surface area contributed by atoms with Crippen LogP contribution in [0.5, 0.6) is 0 Å². The van der Waals surface area contributed by atoms with E-state index in [0.717, 1.165) is 16.7 Å². The molecule has 0 radical (unpaired) electrons. The van der Waals surface area contributed by atoms with Gasteiger partial charge in [0.25, 0.3) is 0 Å². The fourth-order valence-corrected chi connectivity index (χ4v) is 2.14. The number of carbonyl (C=O) groups excluding carboxylic acids is 1. The van der Waals surface area contributed by atoms with E-state index in [2.05, 4.69) is 27.4 Å². The van der Waals surface area contributed by atoms with Gasteiger partial charge in [0.05, 0.1) is 0 Å². The van der Waals surface area contributed by atoms with Crippen LogP contribution in [0.2, 0.25) is 0 Å². The van der Waals surface area contributed by atoms with Crippen molar-refractivity contribution >= 4 is 27.4 Å². The first-order valence-corrected chi connectivity index (χ1v) is 5.69. The number of hydrogen-bond donors (Lipinski definition) is 0. The van der Waals surface area contributed by atoms with Crippen molar-refractivity contribution in [3.05, 3.63) is 41.4 Å². The van der Waals surface area contributed by atoms with Gasteiger partial charge in [0, 0.05) is 23.1 Å². The van der Waals surface area contributed by atoms with Gasteiger partial charge in [-0.1, -0.05) is 22.0 Å². The topological polar surface area (TPSA) is 20.3 Å². The number of rotatable bonds is 2. The lowest BCUT2D eigenvalue weighted by molar-refractivity contribution is -0.117. The second kappa shape index (κ2) is 4.19. The summed E-state index contributed by atoms with van der Waals surface area (Å²) in [5, 5.41) is 0. The normalized spacial score (nSPS) is 20.7. The Labute approximate surface area is 97.7 Å². The summed E-state index contributed by atoms with van der Waals surface area (Å²) in [7, 11) is 0. The summed E-state index contributed by atoms with van der Waals surface area (Å²) in [5.41, 5.74) is 1.08. The van der Waals surface area contributed by atoms with E-state index in [1.807, 2.05) is 24.3 Å². The van der Waals surface area contributed by atoms with Crippen LogP contribution in [0.25, 0.3) is 0 Å². The SMILES string of the molecule is C=CC1C(=O)CCN1c1ccc(Br)cc1. The van der Waals surface area contributed by atoms with E-state index in [4.69, 9.17) is 0 Å². The zero-order chi connectivity index (χ0) is 10.8. The molecule has 0 amide bonds. The van der Waals surface area contributed by atoms with Crippen LogP contribution >= 0.6 is 15.9 Å². The Kier molecular flexibility index (Phi) is 2.91. The largest absolute Gasteiger partial charge is 0.358 e. The van der Waals surface area contributed by atoms with Crippen molar-refractivity contribution in [2.24, 2.45) is 0 Å². The summed E-state index contributed by atoms with van der Waals surface area (Å²) in [4.78, 5) is 13.6. The molecule has 78 valence electrons. The van der Waals surface area contributed by atoms with Gasteiger partial charge in [0.2, 0.25) is 0 Å². The predicted octanol–water partition coefficient (Wildman–Crippen LogP) is 2.78. The molecule has 3 heteroatoms. The molecule has 0 N–H and O–H groups in total. The molecule has 2 nitrogen and oxygen atoms in total. The van der Waals surface area contributed by atoms with Crippen LogP contribution in [0.3, 0.4) is 0 Å². The molecule has 1 atom stereocenters. The van der Waals surface area contributed by atoms with Crippen molar-refractivity contribution in [2.45, 2.75) is 12.5 Å². The van der Waals surface area contributed by atoms with Crippen LogP contribution in [-0.2, 0) is 4.79 Å². The lowest BCUT2D eigenvalue weighted by Crippen LogP contribution is -2.30. The maximum Gasteiger partial charge on any atom is 0.160 e. The first-order chi connectivity index (χ1) is 7.22. The fraction of sp³-hybridized carbons (Fsp3) is 0.250. The zero-order valence-electron chi connectivity index (χ0n) is 8.32. The summed E-state index contributed by atoms with van der Waals surface area (Å²) < 4.78 is 1.05. The summed E-state index contributed by atoms with van der Waals surface area (Å²) in [5.74, 6) is 0.257. The lowest BCUT2D eigenvalue weighted by Gasteiger charge is -2.22. The van der Waals surface area contributed by atoms with Gasteiger partial charge >= 0.3 is 0 Å². The minimum Gasteiger partial charge on any atom is -0.358 e. The molecule has 0 aliphatic carbocycles. The van der Waals surface area contributed by atoms with Gasteiger partial charge in [0.15, 0.2) is 5.78 Å². The molecule has 1 aliphatic heterocycles. The Bertz CT molecular complexity index is 385. The summed E-state index contributed by atoms with van der Waals surface area (Å²) >= 11 is 3.39. The molecule has 1 aromatic carbocycles. The van der Waals surface area contributed by atoms with Crippen molar-refractivity contribution in [3.8, 4) is 0 Å². The van der Waals surface area contributed by atoms with Crippen LogP contribution in [0, 0.1) is 0 Å². The molecule has 1 saturated heterocycles. The molecule has 1 heterocycles. The summed E-state index contributed by atoms with van der Waals surface area (Å²) in [6.45, 7) is 4.50. The Hall–Kier alpha value is -1.09. The second-order valence-corrected chi connectivity index (χ2v) is 4.48. The Morgan fingerprint density at radius 2 is 2.07 bits per heavy atom. The fourth-order valence-electron chi connectivity index (χ4n) is 1.87. The van der Waals surface area contributed by atoms with Gasteiger partial charge in [-0.2, -0.15) is 0 Å². The average molecular weight is 266 g/mol. The Morgan fingerprint density at radius 1 is 1.40 bits per heavy atom. The smallest absolute Gasteiger partial charge is 0.160 e. The van der Waals surface area contributed by atoms with E-state index in [1.165, 1.54) is 0 Å². The van der Waals surface area contributed by atoms with Crippen LogP contribution in [0.1, 0.15) is 6.42 Å². The van der Waals surface area contributed by atoms with Crippen molar-refractivity contribution in [1.29, 1.82) is 0 Å². The molecule has 0 bridgehead atoms. The van der Waals surface area contributed by atoms with Crippen molar-refractivity contribution in [3.63, 3.8) is 0 Å². The number of Topliss-reactive ketones (excluding diaryl/α,β-unsaturated/α-hetero) is 1. The number of ketones is 1. The van der Waals surface area contributed by atoms with Gasteiger partial charge in [-0.25, -0.2) is 0 Å². The molecule has 1 aliphatic rings. The van der Waals surface area contributed by atoms with E-state index in [1.54, 1.807) is 6.08 Å². The highest BCUT2D eigenvalue weighted by molar-refractivity contribution is 9.10. The van der Waals surface area contributed by atoms with Gasteiger partial charge in [0.1, 0.15) is 6.04 Å². The molecule has 15 heavy (non-hydrogen) atoms. The molecule has 1 unspecified atom stereocenters. The third-order valence-electron chi connectivity index (χ3n) is 2.65. The number of nitrogens with zero attached hydrogens (tertiary/aromatic N) is 1. The molecule has 1 aromatic rings. The van der Waals surface area contributed by atoms with E-state index in [0.29, 0.717) is 6.42 Å². The third kappa shape index (κ3) is 1.97. The van der Waals surface area contributed by atoms with E-state index in [-0.39, 0.29) is 11.8 Å². The Balaban J connectivity index is 2.27. The summed E-state index contributed by atoms with van der Waals surface area (Å²) in [6, 6.07) is 7.85. The lowest BCUT2D eigenvalue weighted by atomic mass is 10.2. The first kappa shape index (κ1) is 10.4. The minimum absolute atomic E-state index is 0.147. The molecule has 1 fully saturated rings. The molecular formula is C12H12BrNO. The van der Waals surface area contributed by atoms with Crippen molar-refractivity contribution in [1.82, 2.24) is 0 Å². The number of anilines is 1. The highest BCUT2D eigenvalue weighted by Crippen LogP contribution is 2.25. The predicted molar refractivity (Wildman–Crippen MR) is 65.1 cm³/mol. The summed E-state index contributed by atoms with van der Waals surface area (Å²) in [6.07, 6.45) is 2.34. The van der Waals surface area contributed by atoms with Crippen molar-refractivity contribution in [2.75, 3.05) is 11.4 Å². The van der Waals surface area contributed by atoms with Gasteiger partial charge in [-0.05, 0) is 24.3 Å². The van der Waals surface area contributed by atoms with E-state index in [9.17, 15) is 4.79 Å². The average Bonchev–Trinajstić information content (AvgIpc) is 2.61. The quantitative estimate of drug-likeness (QED) is 0.767. The zero-order valence-corrected chi connectivity index (χ0v) is 9.90. The number of carbonyl (C=O) groups is 1.